The molecular weight excluding hydrogens is 314 g/mol. The number of carbonyl (C=O) groups is 1. The molecule has 104 valence electrons. The average molecular weight is 332 g/mol. The van der Waals surface area contributed by atoms with E-state index < -0.39 is 0 Å². The number of aryl methyl sites for hydroxylation is 1. The summed E-state index contributed by atoms with van der Waals surface area (Å²) in [5.41, 5.74) is 5.97. The molecule has 1 amide bonds. The summed E-state index contributed by atoms with van der Waals surface area (Å²) in [4.78, 5) is 12.5. The molecule has 0 atom stereocenters. The minimum absolute atomic E-state index is 0.0689. The molecule has 3 heteroatoms. The van der Waals surface area contributed by atoms with Crippen LogP contribution in [0.3, 0.4) is 0 Å². The molecule has 0 fully saturated rings. The lowest BCUT2D eigenvalue weighted by atomic mass is 9.98. The topological polar surface area (TPSA) is 29.1 Å². The maximum atomic E-state index is 12.5. The molecule has 0 unspecified atom stereocenters. The Morgan fingerprint density at radius 2 is 1.65 bits per heavy atom. The molecule has 0 bridgehead atoms. The van der Waals surface area contributed by atoms with Gasteiger partial charge in [-0.2, -0.15) is 0 Å². The molecule has 1 N–H and O–H groups in total. The Morgan fingerprint density at radius 1 is 1.00 bits per heavy atom. The van der Waals surface area contributed by atoms with Gasteiger partial charge in [-0.05, 0) is 62.1 Å². The Balaban J connectivity index is 2.38. The molecule has 0 radical (unpaired) electrons. The lowest BCUT2D eigenvalue weighted by molar-refractivity contribution is 0.102. The maximum absolute atomic E-state index is 12.5. The van der Waals surface area contributed by atoms with E-state index in [0.29, 0.717) is 5.56 Å². The molecule has 0 aliphatic rings. The summed E-state index contributed by atoms with van der Waals surface area (Å²) in [7, 11) is 0. The predicted molar refractivity (Wildman–Crippen MR) is 87.5 cm³/mol. The summed E-state index contributed by atoms with van der Waals surface area (Å²) < 4.78 is 0.968. The van der Waals surface area contributed by atoms with Crippen LogP contribution in [0, 0.1) is 27.7 Å². The quantitative estimate of drug-likeness (QED) is 0.830. The second-order valence-corrected chi connectivity index (χ2v) is 5.90. The van der Waals surface area contributed by atoms with Crippen molar-refractivity contribution < 1.29 is 4.79 Å². The Hall–Kier alpha value is -1.61. The molecule has 2 aromatic rings. The second kappa shape index (κ2) is 5.80. The standard InChI is InChI=1S/C17H18BrNO/c1-10-7-5-6-8-16(10)19-17(20)14-9-15(18)13(4)11(2)12(14)3/h5-9H,1-4H3,(H,19,20). The number of para-hydroxylation sites is 1. The van der Waals surface area contributed by atoms with Gasteiger partial charge in [0.1, 0.15) is 0 Å². The van der Waals surface area contributed by atoms with Crippen LogP contribution in [-0.2, 0) is 0 Å². The van der Waals surface area contributed by atoms with Gasteiger partial charge < -0.3 is 5.32 Å². The third-order valence-electron chi connectivity index (χ3n) is 3.80. The van der Waals surface area contributed by atoms with E-state index in [-0.39, 0.29) is 5.91 Å². The van der Waals surface area contributed by atoms with E-state index in [1.807, 2.05) is 51.1 Å². The fraction of sp³-hybridized carbons (Fsp3) is 0.235. The number of hydrogen-bond donors (Lipinski definition) is 1. The minimum atomic E-state index is -0.0689. The molecule has 2 nitrogen and oxygen atoms in total. The fourth-order valence-corrected chi connectivity index (χ4v) is 2.67. The Bertz CT molecular complexity index is 677. The van der Waals surface area contributed by atoms with Crippen molar-refractivity contribution in [3.05, 3.63) is 62.6 Å². The molecule has 0 spiro atoms. The zero-order valence-corrected chi connectivity index (χ0v) is 13.8. The first-order valence-corrected chi connectivity index (χ1v) is 7.34. The SMILES string of the molecule is Cc1ccccc1NC(=O)c1cc(Br)c(C)c(C)c1C. The van der Waals surface area contributed by atoms with E-state index in [4.69, 9.17) is 0 Å². The molecule has 2 aromatic carbocycles. The van der Waals surface area contributed by atoms with Crippen molar-refractivity contribution in [2.45, 2.75) is 27.7 Å². The van der Waals surface area contributed by atoms with Gasteiger partial charge in [-0.15, -0.1) is 0 Å². The highest BCUT2D eigenvalue weighted by atomic mass is 79.9. The Morgan fingerprint density at radius 3 is 2.30 bits per heavy atom. The molecule has 0 aromatic heterocycles. The lowest BCUT2D eigenvalue weighted by Crippen LogP contribution is -2.15. The number of benzene rings is 2. The second-order valence-electron chi connectivity index (χ2n) is 5.05. The summed E-state index contributed by atoms with van der Waals surface area (Å²) >= 11 is 3.52. The Labute approximate surface area is 128 Å². The molecule has 20 heavy (non-hydrogen) atoms. The highest BCUT2D eigenvalue weighted by Gasteiger charge is 2.15. The lowest BCUT2D eigenvalue weighted by Gasteiger charge is -2.14. The highest BCUT2D eigenvalue weighted by Crippen LogP contribution is 2.26. The van der Waals surface area contributed by atoms with E-state index in [2.05, 4.69) is 28.2 Å². The number of amides is 1. The van der Waals surface area contributed by atoms with E-state index >= 15 is 0 Å². The predicted octanol–water partition coefficient (Wildman–Crippen LogP) is 4.94. The third-order valence-corrected chi connectivity index (χ3v) is 4.62. The van der Waals surface area contributed by atoms with Crippen LogP contribution < -0.4 is 5.32 Å². The monoisotopic (exact) mass is 331 g/mol. The molecule has 2 rings (SSSR count). The van der Waals surface area contributed by atoms with Crippen molar-refractivity contribution in [1.29, 1.82) is 0 Å². The minimum Gasteiger partial charge on any atom is -0.322 e. The van der Waals surface area contributed by atoms with E-state index in [0.717, 1.165) is 26.9 Å². The van der Waals surface area contributed by atoms with E-state index in [1.54, 1.807) is 0 Å². The fourth-order valence-electron chi connectivity index (χ4n) is 2.14. The summed E-state index contributed by atoms with van der Waals surface area (Å²) in [5, 5.41) is 2.98. The van der Waals surface area contributed by atoms with Gasteiger partial charge in [0.15, 0.2) is 0 Å². The molecule has 0 saturated heterocycles. The summed E-state index contributed by atoms with van der Waals surface area (Å²) in [6, 6.07) is 9.68. The van der Waals surface area contributed by atoms with Gasteiger partial charge in [0.25, 0.3) is 5.91 Å². The van der Waals surface area contributed by atoms with Gasteiger partial charge in [-0.1, -0.05) is 34.1 Å². The van der Waals surface area contributed by atoms with Crippen LogP contribution in [0.5, 0.6) is 0 Å². The number of hydrogen-bond acceptors (Lipinski definition) is 1. The van der Waals surface area contributed by atoms with Crippen molar-refractivity contribution in [3.8, 4) is 0 Å². The highest BCUT2D eigenvalue weighted by molar-refractivity contribution is 9.10. The first-order chi connectivity index (χ1) is 9.41. The smallest absolute Gasteiger partial charge is 0.255 e. The summed E-state index contributed by atoms with van der Waals surface area (Å²) in [6.45, 7) is 8.07. The van der Waals surface area contributed by atoms with Crippen molar-refractivity contribution >= 4 is 27.5 Å². The van der Waals surface area contributed by atoms with E-state index in [9.17, 15) is 4.79 Å². The molecule has 0 heterocycles. The molecule has 0 aliphatic carbocycles. The van der Waals surface area contributed by atoms with Gasteiger partial charge in [0.2, 0.25) is 0 Å². The first-order valence-electron chi connectivity index (χ1n) is 6.55. The van der Waals surface area contributed by atoms with Crippen molar-refractivity contribution in [1.82, 2.24) is 0 Å². The summed E-state index contributed by atoms with van der Waals surface area (Å²) in [6.07, 6.45) is 0. The molecule has 0 saturated carbocycles. The van der Waals surface area contributed by atoms with E-state index in [1.165, 1.54) is 5.56 Å². The number of halogens is 1. The van der Waals surface area contributed by atoms with Gasteiger partial charge in [0, 0.05) is 15.7 Å². The van der Waals surface area contributed by atoms with Crippen LogP contribution in [0.1, 0.15) is 32.6 Å². The van der Waals surface area contributed by atoms with Gasteiger partial charge in [0.05, 0.1) is 0 Å². The van der Waals surface area contributed by atoms with Crippen molar-refractivity contribution in [3.63, 3.8) is 0 Å². The van der Waals surface area contributed by atoms with Crippen LogP contribution in [0.25, 0.3) is 0 Å². The van der Waals surface area contributed by atoms with Crippen LogP contribution >= 0.6 is 15.9 Å². The number of anilines is 1. The maximum Gasteiger partial charge on any atom is 0.255 e. The van der Waals surface area contributed by atoms with Crippen LogP contribution in [0.2, 0.25) is 0 Å². The van der Waals surface area contributed by atoms with Crippen LogP contribution in [-0.4, -0.2) is 5.91 Å². The largest absolute Gasteiger partial charge is 0.322 e. The average Bonchev–Trinajstić information content (AvgIpc) is 2.43. The van der Waals surface area contributed by atoms with Gasteiger partial charge in [-0.25, -0.2) is 0 Å². The number of rotatable bonds is 2. The number of carbonyl (C=O) groups excluding carboxylic acids is 1. The van der Waals surface area contributed by atoms with Crippen molar-refractivity contribution in [2.75, 3.05) is 5.32 Å². The van der Waals surface area contributed by atoms with Crippen LogP contribution in [0.4, 0.5) is 5.69 Å². The molecular formula is C17H18BrNO. The Kier molecular flexibility index (Phi) is 4.29. The zero-order chi connectivity index (χ0) is 14.9. The summed E-state index contributed by atoms with van der Waals surface area (Å²) in [5.74, 6) is -0.0689. The third kappa shape index (κ3) is 2.78. The van der Waals surface area contributed by atoms with Gasteiger partial charge >= 0.3 is 0 Å². The van der Waals surface area contributed by atoms with Gasteiger partial charge in [-0.3, -0.25) is 4.79 Å². The molecule has 0 aliphatic heterocycles. The normalized spacial score (nSPS) is 10.4. The van der Waals surface area contributed by atoms with Crippen LogP contribution in [0.15, 0.2) is 34.8 Å². The first kappa shape index (κ1) is 14.8. The zero-order valence-electron chi connectivity index (χ0n) is 12.2. The number of nitrogens with one attached hydrogen (secondary N) is 1. The van der Waals surface area contributed by atoms with Crippen molar-refractivity contribution in [2.24, 2.45) is 0 Å².